The van der Waals surface area contributed by atoms with Crippen LogP contribution in [0.2, 0.25) is 0 Å². The number of rotatable bonds is 6. The van der Waals surface area contributed by atoms with Crippen molar-refractivity contribution in [3.05, 3.63) is 77.5 Å². The number of halogens is 3. The molecule has 1 amide bonds. The summed E-state index contributed by atoms with van der Waals surface area (Å²) in [6.07, 6.45) is 1.79. The number of fused-ring (bicyclic) bond motifs is 1. The third-order valence-corrected chi connectivity index (χ3v) is 8.27. The minimum Gasteiger partial charge on any atom is -0.389 e. The molecule has 0 saturated carbocycles. The second-order valence-corrected chi connectivity index (χ2v) is 10.8. The van der Waals surface area contributed by atoms with Gasteiger partial charge in [0.25, 0.3) is 0 Å². The van der Waals surface area contributed by atoms with Gasteiger partial charge in [0.2, 0.25) is 5.91 Å². The van der Waals surface area contributed by atoms with Gasteiger partial charge in [-0.3, -0.25) is 4.79 Å². The molecule has 9 heteroatoms. The van der Waals surface area contributed by atoms with Gasteiger partial charge in [0.05, 0.1) is 17.3 Å². The fourth-order valence-electron chi connectivity index (χ4n) is 5.81. The van der Waals surface area contributed by atoms with E-state index in [2.05, 4.69) is 34.3 Å². The fraction of sp³-hybridized carbons (Fsp3) is 0.433. The SMILES string of the molecule is O=C(C=Cc1cccc(C(F)(F)F)c1)N1CCC(O)(C(O)CN2CCC(c3c[nH]c4ccccc34)CC2)CC1. The average Bonchev–Trinajstić information content (AvgIpc) is 3.36. The predicted octanol–water partition coefficient (Wildman–Crippen LogP) is 4.79. The smallest absolute Gasteiger partial charge is 0.389 e. The van der Waals surface area contributed by atoms with Crippen LogP contribution in [0.1, 0.15) is 48.3 Å². The van der Waals surface area contributed by atoms with Crippen LogP contribution in [-0.4, -0.2) is 75.3 Å². The first-order chi connectivity index (χ1) is 18.6. The molecule has 0 aliphatic carbocycles. The lowest BCUT2D eigenvalue weighted by Gasteiger charge is -2.43. The molecular formula is C30H34F3N3O3. The highest BCUT2D eigenvalue weighted by atomic mass is 19.4. The van der Waals surface area contributed by atoms with Gasteiger partial charge in [0, 0.05) is 42.8 Å². The molecule has 208 valence electrons. The molecule has 3 aromatic rings. The Labute approximate surface area is 225 Å². The van der Waals surface area contributed by atoms with Crippen LogP contribution < -0.4 is 0 Å². The molecular weight excluding hydrogens is 507 g/mol. The number of nitrogens with zero attached hydrogens (tertiary/aromatic N) is 2. The minimum atomic E-state index is -4.45. The van der Waals surface area contributed by atoms with Gasteiger partial charge in [-0.25, -0.2) is 0 Å². The first kappa shape index (κ1) is 27.4. The van der Waals surface area contributed by atoms with Crippen molar-refractivity contribution >= 4 is 22.9 Å². The maximum atomic E-state index is 12.9. The molecule has 2 aliphatic rings. The number of aliphatic hydroxyl groups is 2. The predicted molar refractivity (Wildman–Crippen MR) is 144 cm³/mol. The first-order valence-electron chi connectivity index (χ1n) is 13.5. The zero-order valence-electron chi connectivity index (χ0n) is 21.7. The van der Waals surface area contributed by atoms with Crippen LogP contribution >= 0.6 is 0 Å². The Morgan fingerprint density at radius 2 is 1.79 bits per heavy atom. The first-order valence-corrected chi connectivity index (χ1v) is 13.5. The van der Waals surface area contributed by atoms with E-state index >= 15 is 0 Å². The third-order valence-electron chi connectivity index (χ3n) is 8.27. The van der Waals surface area contributed by atoms with E-state index in [-0.39, 0.29) is 37.4 Å². The molecule has 0 radical (unpaired) electrons. The Hall–Kier alpha value is -3.14. The van der Waals surface area contributed by atoms with Crippen molar-refractivity contribution in [3.8, 4) is 0 Å². The van der Waals surface area contributed by atoms with E-state index in [0.29, 0.717) is 12.5 Å². The van der Waals surface area contributed by atoms with Crippen molar-refractivity contribution in [1.82, 2.24) is 14.8 Å². The van der Waals surface area contributed by atoms with Crippen LogP contribution in [0.3, 0.4) is 0 Å². The normalized spacial score (nSPS) is 20.1. The average molecular weight is 542 g/mol. The number of hydrogen-bond donors (Lipinski definition) is 3. The largest absolute Gasteiger partial charge is 0.416 e. The number of aromatic amines is 1. The van der Waals surface area contributed by atoms with Gasteiger partial charge >= 0.3 is 6.18 Å². The van der Waals surface area contributed by atoms with Crippen molar-refractivity contribution in [1.29, 1.82) is 0 Å². The number of benzene rings is 2. The molecule has 0 spiro atoms. The van der Waals surface area contributed by atoms with Gasteiger partial charge in [-0.15, -0.1) is 0 Å². The number of piperidine rings is 2. The van der Waals surface area contributed by atoms with E-state index in [1.165, 1.54) is 35.2 Å². The number of likely N-dealkylation sites (tertiary alicyclic amines) is 2. The lowest BCUT2D eigenvalue weighted by atomic mass is 9.84. The standard InChI is InChI=1S/C30H34F3N3O3/c31-30(32,33)23-5-3-4-21(18-23)8-9-28(38)36-16-12-29(39,13-17-36)27(37)20-35-14-10-22(11-15-35)25-19-34-26-7-2-1-6-24(25)26/h1-9,18-19,22,27,34,37,39H,10-17,20H2. The third kappa shape index (κ3) is 6.21. The zero-order valence-corrected chi connectivity index (χ0v) is 21.7. The monoisotopic (exact) mass is 541 g/mol. The molecule has 2 saturated heterocycles. The summed E-state index contributed by atoms with van der Waals surface area (Å²) in [4.78, 5) is 19.7. The molecule has 6 nitrogen and oxygen atoms in total. The number of aromatic nitrogens is 1. The van der Waals surface area contributed by atoms with Crippen molar-refractivity contribution in [3.63, 3.8) is 0 Å². The van der Waals surface area contributed by atoms with Crippen molar-refractivity contribution in [2.45, 2.75) is 49.5 Å². The molecule has 3 heterocycles. The highest BCUT2D eigenvalue weighted by Crippen LogP contribution is 2.34. The van der Waals surface area contributed by atoms with E-state index in [1.54, 1.807) is 4.90 Å². The Kier molecular flexibility index (Phi) is 7.84. The second kappa shape index (κ2) is 11.2. The number of carbonyl (C=O) groups excluding carboxylic acids is 1. The van der Waals surface area contributed by atoms with Gasteiger partial charge in [0.1, 0.15) is 0 Å². The summed E-state index contributed by atoms with van der Waals surface area (Å²) in [6.45, 7) is 2.58. The molecule has 39 heavy (non-hydrogen) atoms. The number of nitrogens with one attached hydrogen (secondary N) is 1. The summed E-state index contributed by atoms with van der Waals surface area (Å²) in [5.74, 6) is 0.124. The van der Waals surface area contributed by atoms with Crippen molar-refractivity contribution in [2.24, 2.45) is 0 Å². The van der Waals surface area contributed by atoms with Crippen LogP contribution in [0.4, 0.5) is 13.2 Å². The molecule has 3 N–H and O–H groups in total. The molecule has 5 rings (SSSR count). The lowest BCUT2D eigenvalue weighted by Crippen LogP contribution is -2.56. The molecule has 0 bridgehead atoms. The summed E-state index contributed by atoms with van der Waals surface area (Å²) in [7, 11) is 0. The maximum absolute atomic E-state index is 12.9. The summed E-state index contributed by atoms with van der Waals surface area (Å²) >= 11 is 0. The molecule has 2 fully saturated rings. The van der Waals surface area contributed by atoms with E-state index in [1.807, 2.05) is 6.07 Å². The number of alkyl halides is 3. The van der Waals surface area contributed by atoms with Gasteiger partial charge in [-0.05, 0) is 80.1 Å². The van der Waals surface area contributed by atoms with Crippen LogP contribution in [0, 0.1) is 0 Å². The van der Waals surface area contributed by atoms with E-state index in [0.717, 1.165) is 43.6 Å². The van der Waals surface area contributed by atoms with E-state index < -0.39 is 23.4 Å². The summed E-state index contributed by atoms with van der Waals surface area (Å²) in [5.41, 5.74) is 0.717. The van der Waals surface area contributed by atoms with Crippen molar-refractivity contribution in [2.75, 3.05) is 32.7 Å². The number of hydrogen-bond acceptors (Lipinski definition) is 4. The van der Waals surface area contributed by atoms with Gasteiger partial charge in [-0.1, -0.05) is 30.3 Å². The Balaban J connectivity index is 1.10. The molecule has 1 aromatic heterocycles. The molecule has 2 aromatic carbocycles. The second-order valence-electron chi connectivity index (χ2n) is 10.8. The Morgan fingerprint density at radius 1 is 1.08 bits per heavy atom. The lowest BCUT2D eigenvalue weighted by molar-refractivity contribution is -0.140. The van der Waals surface area contributed by atoms with Crippen LogP contribution in [0.15, 0.2) is 60.8 Å². The van der Waals surface area contributed by atoms with Gasteiger partial charge < -0.3 is 25.0 Å². The number of β-amino-alcohol motifs (C(OH)–C–C–N with tert-alkyl or cyclic N) is 1. The number of para-hydroxylation sites is 1. The number of carbonyl (C=O) groups is 1. The molecule has 2 aliphatic heterocycles. The van der Waals surface area contributed by atoms with Crippen LogP contribution in [0.5, 0.6) is 0 Å². The highest BCUT2D eigenvalue weighted by Gasteiger charge is 2.41. The summed E-state index contributed by atoms with van der Waals surface area (Å²) < 4.78 is 38.8. The Bertz CT molecular complexity index is 1320. The van der Waals surface area contributed by atoms with E-state index in [9.17, 15) is 28.2 Å². The fourth-order valence-corrected chi connectivity index (χ4v) is 5.81. The quantitative estimate of drug-likeness (QED) is 0.392. The number of amides is 1. The minimum absolute atomic E-state index is 0.239. The van der Waals surface area contributed by atoms with Crippen molar-refractivity contribution < 1.29 is 28.2 Å². The molecule has 1 atom stereocenters. The molecule has 1 unspecified atom stereocenters. The summed E-state index contributed by atoms with van der Waals surface area (Å²) in [6, 6.07) is 13.1. The summed E-state index contributed by atoms with van der Waals surface area (Å²) in [5, 5.41) is 23.4. The maximum Gasteiger partial charge on any atom is 0.416 e. The van der Waals surface area contributed by atoms with Crippen LogP contribution in [-0.2, 0) is 11.0 Å². The number of H-pyrrole nitrogens is 1. The van der Waals surface area contributed by atoms with E-state index in [4.69, 9.17) is 0 Å². The highest BCUT2D eigenvalue weighted by molar-refractivity contribution is 5.91. The van der Waals surface area contributed by atoms with Gasteiger partial charge in [0.15, 0.2) is 0 Å². The Morgan fingerprint density at radius 3 is 2.51 bits per heavy atom. The zero-order chi connectivity index (χ0) is 27.6. The van der Waals surface area contributed by atoms with Gasteiger partial charge in [-0.2, -0.15) is 13.2 Å². The number of aliphatic hydroxyl groups excluding tert-OH is 1. The topological polar surface area (TPSA) is 79.8 Å². The van der Waals surface area contributed by atoms with Crippen LogP contribution in [0.25, 0.3) is 17.0 Å².